The maximum Gasteiger partial charge on any atom is 0.306 e. The summed E-state index contributed by atoms with van der Waals surface area (Å²) in [5.41, 5.74) is 0. The fourth-order valence-corrected chi connectivity index (χ4v) is 7.67. The highest BCUT2D eigenvalue weighted by atomic mass is 16.6. The quantitative estimate of drug-likeness (QED) is 0.0262. The first-order chi connectivity index (χ1) is 31.0. The number of ether oxygens (including phenoxy) is 3. The summed E-state index contributed by atoms with van der Waals surface area (Å²) < 4.78 is 16.8. The summed E-state index contributed by atoms with van der Waals surface area (Å²) in [4.78, 5) is 38.0. The minimum atomic E-state index is -0.783. The van der Waals surface area contributed by atoms with E-state index in [1.54, 1.807) is 0 Å². The highest BCUT2D eigenvalue weighted by molar-refractivity contribution is 5.71. The Morgan fingerprint density at radius 3 is 0.952 bits per heavy atom. The van der Waals surface area contributed by atoms with Crippen LogP contribution in [0, 0.1) is 0 Å². The number of esters is 3. The van der Waals surface area contributed by atoms with Gasteiger partial charge >= 0.3 is 17.9 Å². The number of carbonyl (C=O) groups is 3. The highest BCUT2D eigenvalue weighted by Gasteiger charge is 2.19. The van der Waals surface area contributed by atoms with Gasteiger partial charge in [-0.05, 0) is 77.0 Å². The fourth-order valence-electron chi connectivity index (χ4n) is 7.67. The van der Waals surface area contributed by atoms with Gasteiger partial charge in [0.05, 0.1) is 0 Å². The second kappa shape index (κ2) is 52.0. The number of carbonyl (C=O) groups excluding carboxylic acids is 3. The molecule has 0 saturated heterocycles. The van der Waals surface area contributed by atoms with Crippen LogP contribution in [0.25, 0.3) is 0 Å². The van der Waals surface area contributed by atoms with Gasteiger partial charge in [-0.3, -0.25) is 14.4 Å². The molecular weight excluding hydrogens is 781 g/mol. The van der Waals surface area contributed by atoms with E-state index in [0.29, 0.717) is 19.3 Å². The molecule has 0 rings (SSSR count). The smallest absolute Gasteiger partial charge is 0.306 e. The van der Waals surface area contributed by atoms with Crippen LogP contribution in [0.4, 0.5) is 0 Å². The van der Waals surface area contributed by atoms with Crippen LogP contribution in [0.1, 0.15) is 278 Å². The molecule has 0 radical (unpaired) electrons. The number of allylic oxidation sites excluding steroid dienone is 8. The zero-order chi connectivity index (χ0) is 45.8. The van der Waals surface area contributed by atoms with Crippen LogP contribution in [0.2, 0.25) is 0 Å². The summed E-state index contributed by atoms with van der Waals surface area (Å²) in [5.74, 6) is -0.899. The van der Waals surface area contributed by atoms with E-state index < -0.39 is 6.10 Å². The third-order valence-electron chi connectivity index (χ3n) is 11.8. The molecule has 63 heavy (non-hydrogen) atoms. The molecule has 1 unspecified atom stereocenters. The van der Waals surface area contributed by atoms with Crippen LogP contribution >= 0.6 is 0 Å². The highest BCUT2D eigenvalue weighted by Crippen LogP contribution is 2.16. The predicted octanol–water partition coefficient (Wildman–Crippen LogP) is 17.9. The number of unbranched alkanes of at least 4 members (excludes halogenated alkanes) is 30. The van der Waals surface area contributed by atoms with Gasteiger partial charge in [0.25, 0.3) is 0 Å². The average Bonchev–Trinajstić information content (AvgIpc) is 3.28. The van der Waals surface area contributed by atoms with E-state index in [-0.39, 0.29) is 31.1 Å². The molecule has 0 aliphatic carbocycles. The molecule has 0 spiro atoms. The van der Waals surface area contributed by atoms with Gasteiger partial charge in [0.1, 0.15) is 13.2 Å². The molecule has 0 aliphatic rings. The van der Waals surface area contributed by atoms with E-state index in [1.165, 1.54) is 135 Å². The molecule has 0 saturated carbocycles. The molecule has 1 atom stereocenters. The fraction of sp³-hybridized carbons (Fsp3) is 0.807. The van der Waals surface area contributed by atoms with E-state index in [0.717, 1.165) is 103 Å². The lowest BCUT2D eigenvalue weighted by molar-refractivity contribution is -0.167. The van der Waals surface area contributed by atoms with Crippen molar-refractivity contribution in [1.82, 2.24) is 0 Å². The SMILES string of the molecule is CCCC/C=C\C/C=C\CCCCCCCC(=O)OCC(COC(=O)CCCCCCCCCCCCCCCCCC)OC(=O)CCCCCCC/C=C\C/C=C\CCCCC. The lowest BCUT2D eigenvalue weighted by Crippen LogP contribution is -2.30. The predicted molar refractivity (Wildman–Crippen MR) is 270 cm³/mol. The normalized spacial score (nSPS) is 12.4. The number of rotatable bonds is 49. The molecular formula is C57H102O6. The molecule has 0 amide bonds. The molecule has 6 nitrogen and oxygen atoms in total. The summed E-state index contributed by atoms with van der Waals surface area (Å²) in [7, 11) is 0. The van der Waals surface area contributed by atoms with Crippen molar-refractivity contribution in [2.24, 2.45) is 0 Å². The average molecular weight is 883 g/mol. The van der Waals surface area contributed by atoms with E-state index in [2.05, 4.69) is 69.4 Å². The van der Waals surface area contributed by atoms with Crippen LogP contribution in [-0.2, 0) is 28.6 Å². The molecule has 0 aliphatic heterocycles. The van der Waals surface area contributed by atoms with Crippen molar-refractivity contribution < 1.29 is 28.6 Å². The van der Waals surface area contributed by atoms with Crippen LogP contribution in [0.3, 0.4) is 0 Å². The topological polar surface area (TPSA) is 78.9 Å². The Morgan fingerprint density at radius 2 is 0.587 bits per heavy atom. The van der Waals surface area contributed by atoms with Gasteiger partial charge in [-0.25, -0.2) is 0 Å². The second-order valence-corrected chi connectivity index (χ2v) is 18.1. The van der Waals surface area contributed by atoms with Crippen LogP contribution in [0.5, 0.6) is 0 Å². The van der Waals surface area contributed by atoms with Gasteiger partial charge in [0.2, 0.25) is 0 Å². The Kier molecular flexibility index (Phi) is 49.8. The van der Waals surface area contributed by atoms with Crippen molar-refractivity contribution in [3.05, 3.63) is 48.6 Å². The summed E-state index contributed by atoms with van der Waals surface area (Å²) in [6.07, 6.45) is 62.3. The monoisotopic (exact) mass is 883 g/mol. The number of hydrogen-bond donors (Lipinski definition) is 0. The lowest BCUT2D eigenvalue weighted by Gasteiger charge is -2.18. The molecule has 0 aromatic heterocycles. The van der Waals surface area contributed by atoms with E-state index >= 15 is 0 Å². The minimum absolute atomic E-state index is 0.0809. The summed E-state index contributed by atoms with van der Waals surface area (Å²) in [6, 6.07) is 0. The number of hydrogen-bond acceptors (Lipinski definition) is 6. The van der Waals surface area contributed by atoms with Gasteiger partial charge < -0.3 is 14.2 Å². The zero-order valence-corrected chi connectivity index (χ0v) is 41.8. The van der Waals surface area contributed by atoms with E-state index in [4.69, 9.17) is 14.2 Å². The Hall–Kier alpha value is -2.63. The molecule has 0 heterocycles. The Bertz CT molecular complexity index is 1110. The standard InChI is InChI=1S/C57H102O6/c1-4-7-10-13-16-19-22-25-28-30-32-35-38-41-44-47-50-56(59)62-53-54(52-61-55(58)49-46-43-40-37-34-31-27-24-21-18-15-12-9-6-3)63-57(60)51-48-45-42-39-36-33-29-26-23-20-17-14-11-8-5-2/h15,17-18,20,24,26-27,29,54H,4-14,16,19,21-23,25,28,30-53H2,1-3H3/b18-15-,20-17-,27-24-,29-26-. The first-order valence-electron chi connectivity index (χ1n) is 27.1. The first kappa shape index (κ1) is 60.4. The minimum Gasteiger partial charge on any atom is -0.462 e. The van der Waals surface area contributed by atoms with Gasteiger partial charge in [0, 0.05) is 19.3 Å². The van der Waals surface area contributed by atoms with Crippen molar-refractivity contribution in [2.75, 3.05) is 13.2 Å². The molecule has 6 heteroatoms. The van der Waals surface area contributed by atoms with Crippen LogP contribution in [0.15, 0.2) is 48.6 Å². The molecule has 0 fully saturated rings. The van der Waals surface area contributed by atoms with Gasteiger partial charge in [-0.1, -0.05) is 230 Å². The van der Waals surface area contributed by atoms with Crippen LogP contribution < -0.4 is 0 Å². The van der Waals surface area contributed by atoms with E-state index in [1.807, 2.05) is 0 Å². The summed E-state index contributed by atoms with van der Waals surface area (Å²) in [6.45, 7) is 6.57. The van der Waals surface area contributed by atoms with Crippen molar-refractivity contribution in [3.8, 4) is 0 Å². The largest absolute Gasteiger partial charge is 0.462 e. The third-order valence-corrected chi connectivity index (χ3v) is 11.8. The van der Waals surface area contributed by atoms with Crippen molar-refractivity contribution in [1.29, 1.82) is 0 Å². The van der Waals surface area contributed by atoms with Gasteiger partial charge in [-0.15, -0.1) is 0 Å². The lowest BCUT2D eigenvalue weighted by atomic mass is 10.0. The first-order valence-corrected chi connectivity index (χ1v) is 27.1. The summed E-state index contributed by atoms with van der Waals surface area (Å²) >= 11 is 0. The molecule has 0 aromatic rings. The Balaban J connectivity index is 4.39. The van der Waals surface area contributed by atoms with Gasteiger partial charge in [0.15, 0.2) is 6.10 Å². The molecule has 0 bridgehead atoms. The molecule has 0 aromatic carbocycles. The Labute approximate surface area is 390 Å². The van der Waals surface area contributed by atoms with Crippen molar-refractivity contribution in [2.45, 2.75) is 284 Å². The van der Waals surface area contributed by atoms with Crippen molar-refractivity contribution in [3.63, 3.8) is 0 Å². The summed E-state index contributed by atoms with van der Waals surface area (Å²) in [5, 5.41) is 0. The second-order valence-electron chi connectivity index (χ2n) is 18.1. The third kappa shape index (κ3) is 50.2. The maximum atomic E-state index is 12.8. The Morgan fingerprint density at radius 1 is 0.317 bits per heavy atom. The molecule has 0 N–H and O–H groups in total. The molecule has 366 valence electrons. The van der Waals surface area contributed by atoms with Crippen molar-refractivity contribution >= 4 is 17.9 Å². The zero-order valence-electron chi connectivity index (χ0n) is 41.8. The van der Waals surface area contributed by atoms with Gasteiger partial charge in [-0.2, -0.15) is 0 Å². The van der Waals surface area contributed by atoms with E-state index in [9.17, 15) is 14.4 Å². The maximum absolute atomic E-state index is 12.8. The van der Waals surface area contributed by atoms with Crippen LogP contribution in [-0.4, -0.2) is 37.2 Å².